The Balaban J connectivity index is 3.09. The maximum atomic E-state index is 15.5. The lowest BCUT2D eigenvalue weighted by Crippen LogP contribution is -2.64. The van der Waals surface area contributed by atoms with Gasteiger partial charge in [-0.1, -0.05) is 0 Å². The minimum absolute atomic E-state index is 0.363. The summed E-state index contributed by atoms with van der Waals surface area (Å²) in [5, 5.41) is 20.6. The summed E-state index contributed by atoms with van der Waals surface area (Å²) in [6.07, 6.45) is -3.05. The molecule has 1 unspecified atom stereocenters. The quantitative estimate of drug-likeness (QED) is 0.358. The van der Waals surface area contributed by atoms with Crippen LogP contribution in [0.2, 0.25) is 0 Å². The van der Waals surface area contributed by atoms with Crippen LogP contribution in [-0.2, 0) is 24.8 Å². The van der Waals surface area contributed by atoms with Gasteiger partial charge in [-0.15, -0.1) is 0 Å². The first-order valence-corrected chi connectivity index (χ1v) is 14.5. The second-order valence-electron chi connectivity index (χ2n) is 13.4. The van der Waals surface area contributed by atoms with Crippen LogP contribution in [-0.4, -0.2) is 68.2 Å². The number of nitro benzene ring substituents is 1. The molecule has 1 N–H and O–H groups in total. The molecule has 0 saturated carbocycles. The Bertz CT molecular complexity index is 1340. The Hall–Kier alpha value is -3.13. The van der Waals surface area contributed by atoms with Crippen LogP contribution in [0, 0.1) is 15.9 Å². The molecule has 230 valence electrons. The lowest BCUT2D eigenvalue weighted by Gasteiger charge is -2.47. The number of carbonyl (C=O) groups excluding carboxylic acids is 2. The van der Waals surface area contributed by atoms with E-state index >= 15 is 4.39 Å². The normalized spacial score (nSPS) is 22.4. The molecule has 0 radical (unpaired) electrons. The molecule has 41 heavy (non-hydrogen) atoms. The number of non-ortho nitro benzene ring substituents is 1. The molecule has 2 rings (SSSR count). The van der Waals surface area contributed by atoms with Gasteiger partial charge in [0.25, 0.3) is 5.69 Å². The van der Waals surface area contributed by atoms with E-state index in [4.69, 9.17) is 9.47 Å². The van der Waals surface area contributed by atoms with Crippen molar-refractivity contribution < 1.29 is 41.9 Å². The van der Waals surface area contributed by atoms with Gasteiger partial charge in [0, 0.05) is 17.7 Å². The molecule has 1 aromatic carbocycles. The van der Waals surface area contributed by atoms with Gasteiger partial charge >= 0.3 is 12.2 Å². The molecule has 0 spiro atoms. The van der Waals surface area contributed by atoms with Gasteiger partial charge in [-0.05, 0) is 88.6 Å². The van der Waals surface area contributed by atoms with Gasteiger partial charge in [-0.2, -0.15) is 4.90 Å². The molecule has 1 aromatic rings. The zero-order chi connectivity index (χ0) is 32.1. The average molecular weight is 602 g/mol. The first kappa shape index (κ1) is 34.1. The van der Waals surface area contributed by atoms with Gasteiger partial charge in [0.2, 0.25) is 0 Å². The predicted molar refractivity (Wildman–Crippen MR) is 150 cm³/mol. The highest BCUT2D eigenvalue weighted by Crippen LogP contribution is 2.48. The Morgan fingerprint density at radius 3 is 1.90 bits per heavy atom. The highest BCUT2D eigenvalue weighted by atomic mass is 32.2. The first-order chi connectivity index (χ1) is 18.1. The fourth-order valence-corrected chi connectivity index (χ4v) is 6.92. The van der Waals surface area contributed by atoms with Gasteiger partial charge in [0.1, 0.15) is 33.1 Å². The van der Waals surface area contributed by atoms with E-state index in [9.17, 15) is 33.2 Å². The van der Waals surface area contributed by atoms with Crippen molar-refractivity contribution in [3.63, 3.8) is 0 Å². The van der Waals surface area contributed by atoms with E-state index in [1.54, 1.807) is 0 Å². The van der Waals surface area contributed by atoms with E-state index in [0.29, 0.717) is 4.90 Å². The minimum Gasteiger partial charge on any atom is -0.443 e. The van der Waals surface area contributed by atoms with E-state index in [2.05, 4.69) is 4.99 Å². The Kier molecular flexibility index (Phi) is 8.82. The SMILES string of the molecule is CC(C)(O)CC1[C@@](C)(c2cc([N+](=O)[O-])ccc2F)N=C(N(C(=O)OC(C)(C)C)C(=O)OC(C)(C)C)C(C)(C)S1(=O)=O. The van der Waals surface area contributed by atoms with E-state index in [-0.39, 0.29) is 0 Å². The molecule has 0 aromatic heterocycles. The molecular formula is C27H40FN3O9S. The summed E-state index contributed by atoms with van der Waals surface area (Å²) in [5.74, 6) is -1.65. The van der Waals surface area contributed by atoms with Crippen molar-refractivity contribution >= 4 is 33.5 Å². The number of hydrogen-bond donors (Lipinski definition) is 1. The summed E-state index contributed by atoms with van der Waals surface area (Å²) in [5.41, 5.74) is -7.06. The van der Waals surface area contributed by atoms with Crippen molar-refractivity contribution in [2.45, 2.75) is 115 Å². The average Bonchev–Trinajstić information content (AvgIpc) is 2.72. The number of nitrogens with zero attached hydrogens (tertiary/aromatic N) is 3. The van der Waals surface area contributed by atoms with Crippen LogP contribution in [0.3, 0.4) is 0 Å². The van der Waals surface area contributed by atoms with Crippen molar-refractivity contribution in [1.82, 2.24) is 4.90 Å². The van der Waals surface area contributed by atoms with Gasteiger partial charge in [-0.25, -0.2) is 22.4 Å². The topological polar surface area (TPSA) is 166 Å². The number of sulfone groups is 1. The number of hydrogen-bond acceptors (Lipinski definition) is 10. The standard InChI is InChI=1S/C27H40FN3O9S/c1-23(2,3)39-21(32)30(22(33)40-24(4,5)6)20-26(9,10)41(37,38)19(15-25(7,8)34)27(11,29-20)17-14-16(31(35)36)12-13-18(17)28/h12-14,19,34H,15H2,1-11H3/t19?,27-/m1/s1. The third-order valence-electron chi connectivity index (χ3n) is 6.34. The van der Waals surface area contributed by atoms with Crippen molar-refractivity contribution in [3.05, 3.63) is 39.7 Å². The number of aliphatic imine (C=N–C) groups is 1. The maximum Gasteiger partial charge on any atom is 0.425 e. The smallest absolute Gasteiger partial charge is 0.425 e. The van der Waals surface area contributed by atoms with Crippen molar-refractivity contribution in [3.8, 4) is 0 Å². The van der Waals surface area contributed by atoms with Crippen molar-refractivity contribution in [2.75, 3.05) is 0 Å². The Morgan fingerprint density at radius 1 is 1.05 bits per heavy atom. The lowest BCUT2D eigenvalue weighted by molar-refractivity contribution is -0.385. The van der Waals surface area contributed by atoms with Crippen LogP contribution >= 0.6 is 0 Å². The van der Waals surface area contributed by atoms with E-state index in [1.165, 1.54) is 76.2 Å². The Morgan fingerprint density at radius 2 is 1.51 bits per heavy atom. The molecule has 12 nitrogen and oxygen atoms in total. The number of ether oxygens (including phenoxy) is 2. The molecule has 0 aliphatic carbocycles. The van der Waals surface area contributed by atoms with Gasteiger partial charge in [-0.3, -0.25) is 15.1 Å². The molecule has 1 aliphatic rings. The number of halogens is 1. The van der Waals surface area contributed by atoms with Crippen LogP contribution < -0.4 is 0 Å². The summed E-state index contributed by atoms with van der Waals surface area (Å²) < 4.78 is 53.0. The van der Waals surface area contributed by atoms with Crippen LogP contribution in [0.15, 0.2) is 23.2 Å². The highest BCUT2D eigenvalue weighted by molar-refractivity contribution is 7.94. The van der Waals surface area contributed by atoms with Crippen LogP contribution in [0.5, 0.6) is 0 Å². The van der Waals surface area contributed by atoms with Crippen LogP contribution in [0.1, 0.15) is 88.1 Å². The monoisotopic (exact) mass is 601 g/mol. The fraction of sp³-hybridized carbons (Fsp3) is 0.667. The number of imide groups is 1. The predicted octanol–water partition coefficient (Wildman–Crippen LogP) is 5.26. The Labute approximate surface area is 240 Å². The number of benzene rings is 1. The largest absolute Gasteiger partial charge is 0.443 e. The number of carbonyl (C=O) groups is 2. The third-order valence-corrected chi connectivity index (χ3v) is 9.32. The lowest BCUT2D eigenvalue weighted by atomic mass is 9.82. The van der Waals surface area contributed by atoms with Crippen LogP contribution in [0.25, 0.3) is 0 Å². The molecule has 0 saturated heterocycles. The number of aliphatic hydroxyl groups is 1. The maximum absolute atomic E-state index is 15.5. The molecule has 1 heterocycles. The second kappa shape index (κ2) is 10.6. The highest BCUT2D eigenvalue weighted by Gasteiger charge is 2.61. The van der Waals surface area contributed by atoms with E-state index < -0.39 is 88.6 Å². The summed E-state index contributed by atoms with van der Waals surface area (Å²) in [6, 6.07) is 2.57. The first-order valence-electron chi connectivity index (χ1n) is 12.9. The molecule has 0 bridgehead atoms. The zero-order valence-electron chi connectivity index (χ0n) is 25.4. The third kappa shape index (κ3) is 7.21. The molecule has 14 heteroatoms. The molecular weight excluding hydrogens is 561 g/mol. The molecule has 2 amide bonds. The van der Waals surface area contributed by atoms with Gasteiger partial charge in [0.15, 0.2) is 9.84 Å². The molecule has 0 fully saturated rings. The number of nitro groups is 1. The van der Waals surface area contributed by atoms with Crippen molar-refractivity contribution in [2.24, 2.45) is 4.99 Å². The minimum atomic E-state index is -4.57. The van der Waals surface area contributed by atoms with E-state index in [1.807, 2.05) is 0 Å². The summed E-state index contributed by atoms with van der Waals surface area (Å²) in [4.78, 5) is 42.7. The molecule has 2 atom stereocenters. The summed E-state index contributed by atoms with van der Waals surface area (Å²) in [7, 11) is -4.57. The second-order valence-corrected chi connectivity index (χ2v) is 16.0. The van der Waals surface area contributed by atoms with Crippen molar-refractivity contribution in [1.29, 1.82) is 0 Å². The number of rotatable bonds is 4. The zero-order valence-corrected chi connectivity index (χ0v) is 26.2. The summed E-state index contributed by atoms with van der Waals surface area (Å²) >= 11 is 0. The van der Waals surface area contributed by atoms with Gasteiger partial charge < -0.3 is 14.6 Å². The number of amidine groups is 1. The van der Waals surface area contributed by atoms with Gasteiger partial charge in [0.05, 0.1) is 15.8 Å². The number of amides is 2. The van der Waals surface area contributed by atoms with Crippen LogP contribution in [0.4, 0.5) is 19.7 Å². The van der Waals surface area contributed by atoms with E-state index in [0.717, 1.165) is 18.2 Å². The molecule has 1 aliphatic heterocycles. The summed E-state index contributed by atoms with van der Waals surface area (Å²) in [6.45, 7) is 15.5. The fourth-order valence-electron chi connectivity index (χ4n) is 4.40.